The average Bonchev–Trinajstić information content (AvgIpc) is 3.01. The number of halogens is 4. The van der Waals surface area contributed by atoms with Crippen LogP contribution in [0.3, 0.4) is 0 Å². The summed E-state index contributed by atoms with van der Waals surface area (Å²) >= 11 is 0. The largest absolute Gasteiger partial charge is 0.573 e. The Morgan fingerprint density at radius 3 is 2.57 bits per heavy atom. The number of carbonyl (C=O) groups is 1. The van der Waals surface area contributed by atoms with Gasteiger partial charge in [0.15, 0.2) is 0 Å². The van der Waals surface area contributed by atoms with E-state index in [9.17, 15) is 22.4 Å². The molecule has 0 aliphatic rings. The lowest BCUT2D eigenvalue weighted by molar-refractivity contribution is -0.274. The summed E-state index contributed by atoms with van der Waals surface area (Å²) in [5.41, 5.74) is 0.0259. The highest BCUT2D eigenvalue weighted by Crippen LogP contribution is 2.24. The van der Waals surface area contributed by atoms with Crippen molar-refractivity contribution in [3.8, 4) is 5.75 Å². The third-order valence-corrected chi connectivity index (χ3v) is 2.43. The van der Waals surface area contributed by atoms with Crippen LogP contribution in [-0.2, 0) is 6.54 Å². The molecule has 1 amide bonds. The molecule has 1 aromatic carbocycles. The summed E-state index contributed by atoms with van der Waals surface area (Å²) in [7, 11) is 0. The Labute approximate surface area is 129 Å². The van der Waals surface area contributed by atoms with Crippen molar-refractivity contribution in [3.05, 3.63) is 48.3 Å². The predicted molar refractivity (Wildman–Crippen MR) is 74.3 cm³/mol. The number of hydrogen-bond donors (Lipinski definition) is 1. The molecule has 1 N–H and O–H groups in total. The molecule has 5 nitrogen and oxygen atoms in total. The summed E-state index contributed by atoms with van der Waals surface area (Å²) in [5, 5.41) is 2.39. The van der Waals surface area contributed by atoms with Crippen molar-refractivity contribution < 1.29 is 27.1 Å². The first kappa shape index (κ1) is 18.5. The second-order valence-electron chi connectivity index (χ2n) is 3.93. The Morgan fingerprint density at radius 1 is 1.35 bits per heavy atom. The fourth-order valence-electron chi connectivity index (χ4n) is 1.51. The minimum Gasteiger partial charge on any atom is -0.406 e. The lowest BCUT2D eigenvalue weighted by Crippen LogP contribution is -2.27. The van der Waals surface area contributed by atoms with Crippen LogP contribution in [0, 0.1) is 5.82 Å². The number of nitrogens with zero attached hydrogens (tertiary/aromatic N) is 2. The van der Waals surface area contributed by atoms with Crippen LogP contribution in [0.1, 0.15) is 19.4 Å². The van der Waals surface area contributed by atoms with Gasteiger partial charge in [0.05, 0.1) is 0 Å². The third kappa shape index (κ3) is 5.97. The van der Waals surface area contributed by atoms with Crippen molar-refractivity contribution in [3.63, 3.8) is 0 Å². The van der Waals surface area contributed by atoms with E-state index < -0.39 is 24.0 Å². The van der Waals surface area contributed by atoms with Gasteiger partial charge in [0.1, 0.15) is 17.9 Å². The molecule has 2 rings (SSSR count). The summed E-state index contributed by atoms with van der Waals surface area (Å²) in [6.07, 6.45) is -0.842. The van der Waals surface area contributed by atoms with Gasteiger partial charge in [0.2, 0.25) is 0 Å². The molecule has 126 valence electrons. The van der Waals surface area contributed by atoms with E-state index in [0.29, 0.717) is 6.07 Å². The van der Waals surface area contributed by atoms with Gasteiger partial charge in [-0.1, -0.05) is 19.9 Å². The highest BCUT2D eigenvalue weighted by Gasteiger charge is 2.31. The molecule has 0 bridgehead atoms. The second kappa shape index (κ2) is 8.16. The van der Waals surface area contributed by atoms with E-state index in [-0.39, 0.29) is 12.1 Å². The van der Waals surface area contributed by atoms with Crippen LogP contribution in [0.4, 0.5) is 22.4 Å². The lowest BCUT2D eigenvalue weighted by atomic mass is 10.2. The fourth-order valence-corrected chi connectivity index (χ4v) is 1.51. The molecule has 0 radical (unpaired) electrons. The Bertz CT molecular complexity index is 627. The molecule has 0 unspecified atom stereocenters. The number of alkyl halides is 3. The predicted octanol–water partition coefficient (Wildman–Crippen LogP) is 3.70. The van der Waals surface area contributed by atoms with E-state index in [0.717, 1.165) is 16.7 Å². The van der Waals surface area contributed by atoms with Gasteiger partial charge in [0.25, 0.3) is 0 Å². The zero-order valence-corrected chi connectivity index (χ0v) is 12.4. The first-order valence-corrected chi connectivity index (χ1v) is 6.65. The molecular formula is C14H15F4N3O2. The smallest absolute Gasteiger partial charge is 0.406 e. The van der Waals surface area contributed by atoms with E-state index in [1.807, 2.05) is 13.8 Å². The molecule has 0 atom stereocenters. The van der Waals surface area contributed by atoms with Gasteiger partial charge in [-0.15, -0.1) is 13.2 Å². The minimum absolute atomic E-state index is 0.0259. The molecule has 0 aliphatic heterocycles. The second-order valence-corrected chi connectivity index (χ2v) is 3.93. The van der Waals surface area contributed by atoms with Crippen molar-refractivity contribution >= 4 is 6.03 Å². The fraction of sp³-hybridized carbons (Fsp3) is 0.286. The van der Waals surface area contributed by atoms with E-state index in [4.69, 9.17) is 0 Å². The van der Waals surface area contributed by atoms with Gasteiger partial charge in [-0.3, -0.25) is 4.57 Å². The number of hydrogen-bond acceptors (Lipinski definition) is 3. The van der Waals surface area contributed by atoms with Crippen LogP contribution in [0.5, 0.6) is 5.75 Å². The topological polar surface area (TPSA) is 56.1 Å². The Morgan fingerprint density at radius 2 is 2.04 bits per heavy atom. The van der Waals surface area contributed by atoms with Crippen LogP contribution in [0.2, 0.25) is 0 Å². The van der Waals surface area contributed by atoms with Crippen molar-refractivity contribution in [1.82, 2.24) is 14.9 Å². The quantitative estimate of drug-likeness (QED) is 0.871. The standard InChI is InChI=1S/C12H9F4N3O2.C2H6/c13-10-5-9(21-12(14,15)16)2-1-8(10)6-18-11(20)19-4-3-17-7-19;1-2/h1-5,7H,6H2,(H,18,20);1-2H3. The van der Waals surface area contributed by atoms with Gasteiger partial charge in [0, 0.05) is 30.6 Å². The molecular weight excluding hydrogens is 318 g/mol. The Kier molecular flexibility index (Phi) is 6.55. The molecule has 2 aromatic rings. The van der Waals surface area contributed by atoms with Gasteiger partial charge < -0.3 is 10.1 Å². The van der Waals surface area contributed by atoms with E-state index in [1.165, 1.54) is 18.7 Å². The number of aromatic nitrogens is 2. The third-order valence-electron chi connectivity index (χ3n) is 2.43. The number of ether oxygens (including phenoxy) is 1. The number of amides is 1. The van der Waals surface area contributed by atoms with Gasteiger partial charge in [-0.25, -0.2) is 14.2 Å². The van der Waals surface area contributed by atoms with Gasteiger partial charge in [-0.2, -0.15) is 0 Å². The number of benzene rings is 1. The molecule has 0 aliphatic carbocycles. The SMILES string of the molecule is CC.O=C(NCc1ccc(OC(F)(F)F)cc1F)n1ccnc1. The van der Waals surface area contributed by atoms with Crippen molar-refractivity contribution in [2.75, 3.05) is 0 Å². The van der Waals surface area contributed by atoms with Crippen LogP contribution < -0.4 is 10.1 Å². The molecule has 0 spiro atoms. The lowest BCUT2D eigenvalue weighted by Gasteiger charge is -2.11. The average molecular weight is 333 g/mol. The van der Waals surface area contributed by atoms with Gasteiger partial charge in [-0.05, 0) is 6.07 Å². The van der Waals surface area contributed by atoms with Crippen LogP contribution in [0.15, 0.2) is 36.9 Å². The highest BCUT2D eigenvalue weighted by molar-refractivity contribution is 5.76. The van der Waals surface area contributed by atoms with E-state index in [1.54, 1.807) is 0 Å². The summed E-state index contributed by atoms with van der Waals surface area (Å²) in [5.74, 6) is -1.58. The molecule has 23 heavy (non-hydrogen) atoms. The first-order valence-electron chi connectivity index (χ1n) is 6.65. The molecule has 9 heteroatoms. The van der Waals surface area contributed by atoms with Crippen molar-refractivity contribution in [2.45, 2.75) is 26.8 Å². The molecule has 1 heterocycles. The Hall–Kier alpha value is -2.58. The number of carbonyl (C=O) groups excluding carboxylic acids is 1. The molecule has 1 aromatic heterocycles. The van der Waals surface area contributed by atoms with Crippen molar-refractivity contribution in [1.29, 1.82) is 0 Å². The van der Waals surface area contributed by atoms with E-state index >= 15 is 0 Å². The highest BCUT2D eigenvalue weighted by atomic mass is 19.4. The Balaban J connectivity index is 0.00000127. The number of nitrogens with one attached hydrogen (secondary N) is 1. The maximum Gasteiger partial charge on any atom is 0.573 e. The number of rotatable bonds is 3. The summed E-state index contributed by atoms with van der Waals surface area (Å²) < 4.78 is 54.2. The maximum absolute atomic E-state index is 13.6. The zero-order valence-electron chi connectivity index (χ0n) is 12.4. The van der Waals surface area contributed by atoms with Gasteiger partial charge >= 0.3 is 12.4 Å². The number of imidazole rings is 1. The maximum atomic E-state index is 13.6. The van der Waals surface area contributed by atoms with Crippen LogP contribution in [-0.4, -0.2) is 21.9 Å². The van der Waals surface area contributed by atoms with Crippen molar-refractivity contribution in [2.24, 2.45) is 0 Å². The van der Waals surface area contributed by atoms with Crippen LogP contribution >= 0.6 is 0 Å². The monoisotopic (exact) mass is 333 g/mol. The summed E-state index contributed by atoms with van der Waals surface area (Å²) in [4.78, 5) is 15.2. The first-order chi connectivity index (χ1) is 10.8. The molecule has 0 fully saturated rings. The normalized spacial score (nSPS) is 10.5. The minimum atomic E-state index is -4.89. The molecule has 0 saturated heterocycles. The van der Waals surface area contributed by atoms with Crippen LogP contribution in [0.25, 0.3) is 0 Å². The van der Waals surface area contributed by atoms with E-state index in [2.05, 4.69) is 15.0 Å². The summed E-state index contributed by atoms with van der Waals surface area (Å²) in [6, 6.07) is 2.13. The molecule has 0 saturated carbocycles. The zero-order chi connectivity index (χ0) is 17.5. The summed E-state index contributed by atoms with van der Waals surface area (Å²) in [6.45, 7) is 3.81.